The van der Waals surface area contributed by atoms with E-state index in [-0.39, 0.29) is 19.3 Å². The number of esters is 1. The number of nitrogens with one attached hydrogen (secondary N) is 1. The van der Waals surface area contributed by atoms with Crippen LogP contribution in [0.3, 0.4) is 0 Å². The molecule has 0 aliphatic rings. The summed E-state index contributed by atoms with van der Waals surface area (Å²) in [6, 6.07) is -0.0766. The number of hydrogen-bond acceptors (Lipinski definition) is 6. The number of carbonyl (C=O) groups is 3. The predicted molar refractivity (Wildman–Crippen MR) is 68.9 cm³/mol. The third-order valence-electron chi connectivity index (χ3n) is 1.86. The van der Waals surface area contributed by atoms with Gasteiger partial charge in [-0.25, -0.2) is 4.79 Å². The Morgan fingerprint density at radius 3 is 2.21 bits per heavy atom. The second-order valence-corrected chi connectivity index (χ2v) is 3.83. The van der Waals surface area contributed by atoms with E-state index in [2.05, 4.69) is 9.73 Å². The number of rotatable bonds is 6. The largest absolute Gasteiger partial charge is 0.465 e. The van der Waals surface area contributed by atoms with Gasteiger partial charge < -0.3 is 9.47 Å². The Hall–Kier alpha value is -1.92. The summed E-state index contributed by atoms with van der Waals surface area (Å²) in [6.45, 7) is 7.08. The summed E-state index contributed by atoms with van der Waals surface area (Å²) in [7, 11) is 0. The second-order valence-electron chi connectivity index (χ2n) is 3.83. The monoisotopic (exact) mass is 272 g/mol. The van der Waals surface area contributed by atoms with E-state index in [1.807, 2.05) is 5.32 Å². The fraction of sp³-hybridized carbons (Fsp3) is 0.667. The smallest absolute Gasteiger partial charge is 0.413 e. The van der Waals surface area contributed by atoms with Gasteiger partial charge in [-0.3, -0.25) is 19.9 Å². The molecule has 108 valence electrons. The first-order valence-electron chi connectivity index (χ1n) is 6.09. The standard InChI is InChI=1S/C12H20N2O5/c1-5-18-11(16)9(7-13-8(3)4)10(15)14-12(17)19-6-2/h7-9H,5-6H2,1-4H3,(H,14,15,17)/t9-/m1/s1. The maximum Gasteiger partial charge on any atom is 0.413 e. The number of nitrogens with zero attached hydrogens (tertiary/aromatic N) is 1. The zero-order chi connectivity index (χ0) is 14.8. The molecule has 0 unspecified atom stereocenters. The molecule has 7 nitrogen and oxygen atoms in total. The van der Waals surface area contributed by atoms with Crippen LogP contribution in [0.5, 0.6) is 0 Å². The van der Waals surface area contributed by atoms with Gasteiger partial charge in [-0.1, -0.05) is 0 Å². The Morgan fingerprint density at radius 2 is 1.74 bits per heavy atom. The molecule has 7 heteroatoms. The first kappa shape index (κ1) is 17.1. The van der Waals surface area contributed by atoms with Gasteiger partial charge in [0.25, 0.3) is 0 Å². The Kier molecular flexibility index (Phi) is 8.15. The normalized spacial score (nSPS) is 12.3. The summed E-state index contributed by atoms with van der Waals surface area (Å²) < 4.78 is 9.32. The van der Waals surface area contributed by atoms with Gasteiger partial charge in [0.05, 0.1) is 13.2 Å². The second kappa shape index (κ2) is 9.07. The fourth-order valence-corrected chi connectivity index (χ4v) is 1.07. The van der Waals surface area contributed by atoms with Crippen LogP contribution in [0, 0.1) is 5.92 Å². The molecule has 0 heterocycles. The Balaban J connectivity index is 4.77. The SMILES string of the molecule is CCOC(=O)NC(=O)[C@@H](C=NC(C)C)C(=O)OCC. The molecule has 0 spiro atoms. The van der Waals surface area contributed by atoms with Gasteiger partial charge in [-0.2, -0.15) is 0 Å². The van der Waals surface area contributed by atoms with Crippen LogP contribution in [0.15, 0.2) is 4.99 Å². The van der Waals surface area contributed by atoms with Gasteiger partial charge >= 0.3 is 12.1 Å². The molecule has 0 saturated carbocycles. The molecule has 0 aromatic heterocycles. The molecule has 2 amide bonds. The third kappa shape index (κ3) is 7.17. The molecule has 0 aliphatic heterocycles. The molecule has 0 rings (SSSR count). The minimum atomic E-state index is -1.26. The highest BCUT2D eigenvalue weighted by atomic mass is 16.5. The average Bonchev–Trinajstić information content (AvgIpc) is 2.29. The summed E-state index contributed by atoms with van der Waals surface area (Å²) in [5.41, 5.74) is 0. The van der Waals surface area contributed by atoms with Crippen molar-refractivity contribution in [3.63, 3.8) is 0 Å². The molecule has 0 radical (unpaired) electrons. The van der Waals surface area contributed by atoms with Crippen molar-refractivity contribution < 1.29 is 23.9 Å². The van der Waals surface area contributed by atoms with E-state index in [1.165, 1.54) is 6.21 Å². The van der Waals surface area contributed by atoms with Crippen LogP contribution in [-0.4, -0.2) is 43.4 Å². The van der Waals surface area contributed by atoms with Crippen LogP contribution < -0.4 is 5.32 Å². The van der Waals surface area contributed by atoms with Crippen molar-refractivity contribution >= 4 is 24.2 Å². The van der Waals surface area contributed by atoms with Crippen LogP contribution in [-0.2, 0) is 19.1 Å². The lowest BCUT2D eigenvalue weighted by atomic mass is 10.1. The highest BCUT2D eigenvalue weighted by Gasteiger charge is 2.28. The summed E-state index contributed by atoms with van der Waals surface area (Å²) in [6.07, 6.45) is 0.275. The summed E-state index contributed by atoms with van der Waals surface area (Å²) in [5.74, 6) is -2.83. The summed E-state index contributed by atoms with van der Waals surface area (Å²) >= 11 is 0. The van der Waals surface area contributed by atoms with E-state index in [0.717, 1.165) is 0 Å². The highest BCUT2D eigenvalue weighted by molar-refractivity contribution is 6.14. The van der Waals surface area contributed by atoms with Gasteiger partial charge in [-0.15, -0.1) is 0 Å². The van der Waals surface area contributed by atoms with Crippen LogP contribution in [0.25, 0.3) is 0 Å². The lowest BCUT2D eigenvalue weighted by molar-refractivity contribution is -0.148. The van der Waals surface area contributed by atoms with Crippen molar-refractivity contribution in [2.75, 3.05) is 13.2 Å². The van der Waals surface area contributed by atoms with E-state index in [1.54, 1.807) is 27.7 Å². The molecule has 0 aliphatic carbocycles. The molecule has 0 fully saturated rings. The molecule has 1 N–H and O–H groups in total. The van der Waals surface area contributed by atoms with E-state index in [4.69, 9.17) is 4.74 Å². The lowest BCUT2D eigenvalue weighted by Crippen LogP contribution is -2.41. The van der Waals surface area contributed by atoms with Gasteiger partial charge in [0.2, 0.25) is 5.91 Å². The Morgan fingerprint density at radius 1 is 1.16 bits per heavy atom. The number of imide groups is 1. The highest BCUT2D eigenvalue weighted by Crippen LogP contribution is 2.00. The quantitative estimate of drug-likeness (QED) is 0.441. The third-order valence-corrected chi connectivity index (χ3v) is 1.86. The molecular formula is C12H20N2O5. The van der Waals surface area contributed by atoms with E-state index < -0.39 is 23.9 Å². The van der Waals surface area contributed by atoms with Crippen LogP contribution in [0.1, 0.15) is 27.7 Å². The summed E-state index contributed by atoms with van der Waals surface area (Å²) in [4.78, 5) is 38.5. The van der Waals surface area contributed by atoms with Crippen molar-refractivity contribution in [1.29, 1.82) is 0 Å². The molecule has 0 aromatic rings. The van der Waals surface area contributed by atoms with Crippen LogP contribution in [0.4, 0.5) is 4.79 Å². The van der Waals surface area contributed by atoms with E-state index in [0.29, 0.717) is 0 Å². The fourth-order valence-electron chi connectivity index (χ4n) is 1.07. The minimum absolute atomic E-state index is 0.0766. The molecule has 0 aromatic carbocycles. The van der Waals surface area contributed by atoms with E-state index >= 15 is 0 Å². The molecular weight excluding hydrogens is 252 g/mol. The van der Waals surface area contributed by atoms with Crippen molar-refractivity contribution in [3.05, 3.63) is 0 Å². The number of alkyl carbamates (subject to hydrolysis) is 1. The average molecular weight is 272 g/mol. The topological polar surface area (TPSA) is 94.1 Å². The van der Waals surface area contributed by atoms with Crippen molar-refractivity contribution in [1.82, 2.24) is 5.32 Å². The van der Waals surface area contributed by atoms with Crippen molar-refractivity contribution in [3.8, 4) is 0 Å². The maximum absolute atomic E-state index is 11.8. The minimum Gasteiger partial charge on any atom is -0.465 e. The van der Waals surface area contributed by atoms with Gasteiger partial charge in [0.15, 0.2) is 5.92 Å². The zero-order valence-corrected chi connectivity index (χ0v) is 11.6. The number of amides is 2. The Bertz CT molecular complexity index is 352. The van der Waals surface area contributed by atoms with E-state index in [9.17, 15) is 14.4 Å². The van der Waals surface area contributed by atoms with Crippen LogP contribution in [0.2, 0.25) is 0 Å². The number of ether oxygens (including phenoxy) is 2. The number of carbonyl (C=O) groups excluding carboxylic acids is 3. The van der Waals surface area contributed by atoms with Crippen molar-refractivity contribution in [2.45, 2.75) is 33.7 Å². The first-order chi connectivity index (χ1) is 8.92. The molecule has 19 heavy (non-hydrogen) atoms. The van der Waals surface area contributed by atoms with Gasteiger partial charge in [0, 0.05) is 12.3 Å². The first-order valence-corrected chi connectivity index (χ1v) is 6.09. The predicted octanol–water partition coefficient (Wildman–Crippen LogP) is 0.918. The van der Waals surface area contributed by atoms with Gasteiger partial charge in [0.1, 0.15) is 0 Å². The maximum atomic E-state index is 11.8. The molecule has 0 bridgehead atoms. The molecule has 1 atom stereocenters. The van der Waals surface area contributed by atoms with Gasteiger partial charge in [-0.05, 0) is 27.7 Å². The zero-order valence-electron chi connectivity index (χ0n) is 11.6. The number of aliphatic imine (C=N–C) groups is 1. The molecule has 0 saturated heterocycles. The lowest BCUT2D eigenvalue weighted by Gasteiger charge is -2.11. The van der Waals surface area contributed by atoms with Crippen molar-refractivity contribution in [2.24, 2.45) is 10.9 Å². The number of hydrogen-bond donors (Lipinski definition) is 1. The Labute approximate surface area is 112 Å². The summed E-state index contributed by atoms with van der Waals surface area (Å²) in [5, 5.41) is 1.95. The van der Waals surface area contributed by atoms with Crippen LogP contribution >= 0.6 is 0 Å².